The van der Waals surface area contributed by atoms with E-state index in [9.17, 15) is 18.3 Å². The second-order valence-electron chi connectivity index (χ2n) is 3.97. The average Bonchev–Trinajstić information content (AvgIpc) is 2.37. The van der Waals surface area contributed by atoms with Crippen molar-refractivity contribution in [1.82, 2.24) is 4.98 Å². The first kappa shape index (κ1) is 16.5. The number of alkyl halides is 3. The van der Waals surface area contributed by atoms with E-state index in [-0.39, 0.29) is 24.8 Å². The fourth-order valence-electron chi connectivity index (χ4n) is 1.67. The highest BCUT2D eigenvalue weighted by Crippen LogP contribution is 2.31. The molecule has 0 saturated carbocycles. The molecule has 0 fully saturated rings. The number of nitrogens with two attached hydrogens (primary N) is 1. The number of pyridine rings is 1. The molecule has 110 valence electrons. The summed E-state index contributed by atoms with van der Waals surface area (Å²) >= 11 is 0. The lowest BCUT2D eigenvalue weighted by Gasteiger charge is -2.26. The summed E-state index contributed by atoms with van der Waals surface area (Å²) in [7, 11) is 0. The number of rotatable bonds is 2. The van der Waals surface area contributed by atoms with E-state index in [1.54, 1.807) is 12.2 Å². The van der Waals surface area contributed by atoms with Crippen LogP contribution in [0.15, 0.2) is 36.6 Å². The van der Waals surface area contributed by atoms with E-state index in [1.807, 2.05) is 0 Å². The highest BCUT2D eigenvalue weighted by atomic mass is 35.5. The standard InChI is InChI=1S/C12H12F3N3O.ClH/c13-12(14,15)9-5-8(7-16)6-10(17-9)18-4-2-1-3-11(18)19;/h1-6,11,19H,7,16H2;1H. The van der Waals surface area contributed by atoms with Gasteiger partial charge in [-0.15, -0.1) is 12.4 Å². The van der Waals surface area contributed by atoms with Gasteiger partial charge in [-0.3, -0.25) is 0 Å². The Labute approximate surface area is 119 Å². The highest BCUT2D eigenvalue weighted by molar-refractivity contribution is 5.85. The quantitative estimate of drug-likeness (QED) is 0.879. The van der Waals surface area contributed by atoms with E-state index >= 15 is 0 Å². The van der Waals surface area contributed by atoms with Crippen molar-refractivity contribution < 1.29 is 18.3 Å². The molecular formula is C12H13ClF3N3O. The Bertz CT molecular complexity index is 531. The molecule has 1 aliphatic rings. The third-order valence-corrected chi connectivity index (χ3v) is 2.59. The van der Waals surface area contributed by atoms with Crippen LogP contribution in [0.5, 0.6) is 0 Å². The normalized spacial score (nSPS) is 18.1. The van der Waals surface area contributed by atoms with Crippen LogP contribution in [0.4, 0.5) is 19.0 Å². The van der Waals surface area contributed by atoms with Gasteiger partial charge < -0.3 is 15.7 Å². The van der Waals surface area contributed by atoms with E-state index in [1.165, 1.54) is 23.2 Å². The SMILES string of the molecule is Cl.NCc1cc(N2C=CC=CC2O)nc(C(F)(F)F)c1. The first-order valence-electron chi connectivity index (χ1n) is 5.51. The van der Waals surface area contributed by atoms with E-state index in [0.29, 0.717) is 5.56 Å². The summed E-state index contributed by atoms with van der Waals surface area (Å²) in [5, 5.41) is 9.72. The molecule has 1 aromatic heterocycles. The number of hydrogen-bond donors (Lipinski definition) is 2. The summed E-state index contributed by atoms with van der Waals surface area (Å²) in [6, 6.07) is 2.32. The monoisotopic (exact) mass is 307 g/mol. The molecule has 1 atom stereocenters. The van der Waals surface area contributed by atoms with Crippen LogP contribution in [0.2, 0.25) is 0 Å². The van der Waals surface area contributed by atoms with Crippen molar-refractivity contribution in [3.8, 4) is 0 Å². The summed E-state index contributed by atoms with van der Waals surface area (Å²) < 4.78 is 38.2. The minimum Gasteiger partial charge on any atom is -0.369 e. The number of aliphatic hydroxyl groups excluding tert-OH is 1. The van der Waals surface area contributed by atoms with Gasteiger partial charge in [0.05, 0.1) is 0 Å². The predicted molar refractivity (Wildman–Crippen MR) is 71.1 cm³/mol. The van der Waals surface area contributed by atoms with Crippen LogP contribution in [0.3, 0.4) is 0 Å². The molecule has 2 heterocycles. The van der Waals surface area contributed by atoms with Crippen LogP contribution in [0.1, 0.15) is 11.3 Å². The van der Waals surface area contributed by atoms with Gasteiger partial charge >= 0.3 is 6.18 Å². The second-order valence-corrected chi connectivity index (χ2v) is 3.97. The van der Waals surface area contributed by atoms with Crippen molar-refractivity contribution in [2.45, 2.75) is 18.9 Å². The van der Waals surface area contributed by atoms with E-state index < -0.39 is 18.1 Å². The van der Waals surface area contributed by atoms with Gasteiger partial charge in [-0.2, -0.15) is 13.2 Å². The van der Waals surface area contributed by atoms with Gasteiger partial charge in [-0.05, 0) is 29.8 Å². The van der Waals surface area contributed by atoms with Crippen LogP contribution in [-0.2, 0) is 12.7 Å². The van der Waals surface area contributed by atoms with Crippen LogP contribution in [-0.4, -0.2) is 16.3 Å². The number of hydrogen-bond acceptors (Lipinski definition) is 4. The van der Waals surface area contributed by atoms with Crippen molar-refractivity contribution in [3.05, 3.63) is 47.8 Å². The highest BCUT2D eigenvalue weighted by Gasteiger charge is 2.33. The molecule has 8 heteroatoms. The first-order valence-corrected chi connectivity index (χ1v) is 5.51. The Balaban J connectivity index is 0.00000200. The number of aliphatic hydroxyl groups is 1. The molecule has 0 spiro atoms. The second kappa shape index (κ2) is 6.25. The third-order valence-electron chi connectivity index (χ3n) is 2.59. The van der Waals surface area contributed by atoms with Gasteiger partial charge in [0.25, 0.3) is 0 Å². The number of aromatic nitrogens is 1. The number of allylic oxidation sites excluding steroid dienone is 2. The molecule has 4 nitrogen and oxygen atoms in total. The first-order chi connectivity index (χ1) is 8.91. The van der Waals surface area contributed by atoms with Crippen molar-refractivity contribution in [3.63, 3.8) is 0 Å². The van der Waals surface area contributed by atoms with Gasteiger partial charge in [0.2, 0.25) is 0 Å². The molecule has 1 aromatic rings. The van der Waals surface area contributed by atoms with Gasteiger partial charge in [0, 0.05) is 12.7 Å². The van der Waals surface area contributed by atoms with E-state index in [0.717, 1.165) is 6.07 Å². The Morgan fingerprint density at radius 1 is 1.30 bits per heavy atom. The zero-order valence-electron chi connectivity index (χ0n) is 10.2. The molecule has 0 amide bonds. The zero-order valence-corrected chi connectivity index (χ0v) is 11.0. The minimum atomic E-state index is -4.56. The van der Waals surface area contributed by atoms with E-state index in [2.05, 4.69) is 4.98 Å². The fraction of sp³-hybridized carbons (Fsp3) is 0.250. The fourth-order valence-corrected chi connectivity index (χ4v) is 1.67. The molecule has 0 saturated heterocycles. The summed E-state index contributed by atoms with van der Waals surface area (Å²) in [6.45, 7) is -0.0396. The number of nitrogens with zero attached hydrogens (tertiary/aromatic N) is 2. The number of halogens is 4. The molecule has 0 bridgehead atoms. The smallest absolute Gasteiger partial charge is 0.369 e. The molecule has 0 aromatic carbocycles. The maximum absolute atomic E-state index is 12.7. The molecule has 1 aliphatic heterocycles. The predicted octanol–water partition coefficient (Wildman–Crippen LogP) is 2.19. The van der Waals surface area contributed by atoms with Crippen LogP contribution in [0, 0.1) is 0 Å². The molecule has 1 unspecified atom stereocenters. The van der Waals surface area contributed by atoms with Crippen molar-refractivity contribution in [2.24, 2.45) is 5.73 Å². The van der Waals surface area contributed by atoms with Gasteiger partial charge in [-0.1, -0.05) is 6.08 Å². The molecule has 20 heavy (non-hydrogen) atoms. The van der Waals surface area contributed by atoms with Gasteiger partial charge in [0.1, 0.15) is 11.5 Å². The Morgan fingerprint density at radius 2 is 2.00 bits per heavy atom. The summed E-state index contributed by atoms with van der Waals surface area (Å²) in [6.07, 6.45) is 0.472. The minimum absolute atomic E-state index is 0. The maximum atomic E-state index is 12.7. The molecular weight excluding hydrogens is 295 g/mol. The summed E-state index contributed by atoms with van der Waals surface area (Å²) in [4.78, 5) is 4.76. The third kappa shape index (κ3) is 3.50. The Morgan fingerprint density at radius 3 is 2.55 bits per heavy atom. The zero-order chi connectivity index (χ0) is 14.0. The molecule has 3 N–H and O–H groups in total. The van der Waals surface area contributed by atoms with Crippen molar-refractivity contribution in [1.29, 1.82) is 0 Å². The summed E-state index contributed by atoms with van der Waals surface area (Å²) in [5.41, 5.74) is 4.66. The Hall–Kier alpha value is -1.57. The van der Waals surface area contributed by atoms with Gasteiger partial charge in [0.15, 0.2) is 6.23 Å². The van der Waals surface area contributed by atoms with Gasteiger partial charge in [-0.25, -0.2) is 4.98 Å². The molecule has 2 rings (SSSR count). The lowest BCUT2D eigenvalue weighted by Crippen LogP contribution is -2.31. The molecule has 0 aliphatic carbocycles. The number of anilines is 1. The Kier molecular flexibility index (Phi) is 5.15. The van der Waals surface area contributed by atoms with Crippen LogP contribution < -0.4 is 10.6 Å². The largest absolute Gasteiger partial charge is 0.433 e. The topological polar surface area (TPSA) is 62.4 Å². The van der Waals surface area contributed by atoms with Crippen molar-refractivity contribution >= 4 is 18.2 Å². The summed E-state index contributed by atoms with van der Waals surface area (Å²) in [5.74, 6) is 0.00313. The maximum Gasteiger partial charge on any atom is 0.433 e. The van der Waals surface area contributed by atoms with E-state index in [4.69, 9.17) is 5.73 Å². The molecule has 0 radical (unpaired) electrons. The lowest BCUT2D eigenvalue weighted by molar-refractivity contribution is -0.141. The lowest BCUT2D eigenvalue weighted by atomic mass is 10.2. The van der Waals surface area contributed by atoms with Crippen LogP contribution >= 0.6 is 12.4 Å². The average molecular weight is 308 g/mol. The van der Waals surface area contributed by atoms with Crippen LogP contribution in [0.25, 0.3) is 0 Å². The van der Waals surface area contributed by atoms with Crippen molar-refractivity contribution in [2.75, 3.05) is 4.90 Å².